The predicted molar refractivity (Wildman–Crippen MR) is 110 cm³/mol. The number of halogens is 2. The molecule has 4 heterocycles. The van der Waals surface area contributed by atoms with E-state index in [9.17, 15) is 8.78 Å². The zero-order valence-corrected chi connectivity index (χ0v) is 15.5. The molecule has 142 valence electrons. The summed E-state index contributed by atoms with van der Waals surface area (Å²) in [4.78, 5) is 16.6. The standard InChI is InChI=1S/C23H16F2N4/c1-23(24,25)15-6-4-14(5-7-15)20-9-8-18-16(10-12-27-22(18)29-20)19-13-28-21-17(19)3-2-11-26-21/h2-13H,1H3,(H,26,28). The van der Waals surface area contributed by atoms with Gasteiger partial charge in [-0.15, -0.1) is 0 Å². The summed E-state index contributed by atoms with van der Waals surface area (Å²) in [6, 6.07) is 15.9. The molecule has 5 aromatic rings. The highest BCUT2D eigenvalue weighted by molar-refractivity contribution is 6.02. The summed E-state index contributed by atoms with van der Waals surface area (Å²) in [7, 11) is 0. The van der Waals surface area contributed by atoms with Gasteiger partial charge in [-0.25, -0.2) is 23.7 Å². The number of hydrogen-bond acceptors (Lipinski definition) is 3. The van der Waals surface area contributed by atoms with Gasteiger partial charge in [-0.3, -0.25) is 0 Å². The van der Waals surface area contributed by atoms with Gasteiger partial charge in [0, 0.05) is 53.0 Å². The molecule has 0 saturated carbocycles. The Balaban J connectivity index is 1.61. The number of aromatic nitrogens is 4. The fourth-order valence-electron chi connectivity index (χ4n) is 3.54. The summed E-state index contributed by atoms with van der Waals surface area (Å²) in [5, 5.41) is 1.94. The lowest BCUT2D eigenvalue weighted by Gasteiger charge is -2.11. The molecule has 0 bridgehead atoms. The van der Waals surface area contributed by atoms with Crippen LogP contribution >= 0.6 is 0 Å². The minimum absolute atomic E-state index is 0.0182. The van der Waals surface area contributed by atoms with E-state index in [0.29, 0.717) is 11.3 Å². The first-order chi connectivity index (χ1) is 14.0. The molecule has 1 N–H and O–H groups in total. The first-order valence-electron chi connectivity index (χ1n) is 9.18. The molecule has 4 nitrogen and oxygen atoms in total. The zero-order valence-electron chi connectivity index (χ0n) is 15.5. The summed E-state index contributed by atoms with van der Waals surface area (Å²) in [6.45, 7) is 0.891. The maximum Gasteiger partial charge on any atom is 0.270 e. The molecule has 6 heteroatoms. The van der Waals surface area contributed by atoms with Gasteiger partial charge < -0.3 is 4.98 Å². The van der Waals surface area contributed by atoms with Crippen LogP contribution in [0.25, 0.3) is 44.5 Å². The number of nitrogens with zero attached hydrogens (tertiary/aromatic N) is 3. The molecule has 0 unspecified atom stereocenters. The molecular weight excluding hydrogens is 370 g/mol. The van der Waals surface area contributed by atoms with Crippen LogP contribution in [-0.4, -0.2) is 19.9 Å². The average molecular weight is 386 g/mol. The molecule has 5 rings (SSSR count). The lowest BCUT2D eigenvalue weighted by Crippen LogP contribution is -2.06. The van der Waals surface area contributed by atoms with Crippen LogP contribution < -0.4 is 0 Å². The van der Waals surface area contributed by atoms with Crippen LogP contribution in [0.4, 0.5) is 8.78 Å². The van der Waals surface area contributed by atoms with Gasteiger partial charge in [0.05, 0.1) is 5.69 Å². The van der Waals surface area contributed by atoms with Crippen LogP contribution in [0, 0.1) is 0 Å². The van der Waals surface area contributed by atoms with E-state index in [4.69, 9.17) is 0 Å². The molecule has 0 aliphatic carbocycles. The van der Waals surface area contributed by atoms with Crippen molar-refractivity contribution in [2.45, 2.75) is 12.8 Å². The minimum Gasteiger partial charge on any atom is -0.346 e. The number of nitrogens with one attached hydrogen (secondary N) is 1. The smallest absolute Gasteiger partial charge is 0.270 e. The molecule has 0 spiro atoms. The van der Waals surface area contributed by atoms with Gasteiger partial charge in [0.1, 0.15) is 5.65 Å². The highest BCUT2D eigenvalue weighted by Crippen LogP contribution is 2.33. The van der Waals surface area contributed by atoms with Crippen molar-refractivity contribution in [3.8, 4) is 22.4 Å². The number of fused-ring (bicyclic) bond motifs is 2. The van der Waals surface area contributed by atoms with Crippen molar-refractivity contribution in [2.24, 2.45) is 0 Å². The highest BCUT2D eigenvalue weighted by Gasteiger charge is 2.23. The molecule has 0 aliphatic heterocycles. The van der Waals surface area contributed by atoms with Crippen molar-refractivity contribution >= 4 is 22.1 Å². The summed E-state index contributed by atoms with van der Waals surface area (Å²) in [5.74, 6) is -2.86. The van der Waals surface area contributed by atoms with Gasteiger partial charge in [0.25, 0.3) is 5.92 Å². The van der Waals surface area contributed by atoms with E-state index in [-0.39, 0.29) is 5.56 Å². The van der Waals surface area contributed by atoms with Crippen molar-refractivity contribution in [1.29, 1.82) is 0 Å². The molecule has 0 saturated heterocycles. The zero-order chi connectivity index (χ0) is 20.0. The van der Waals surface area contributed by atoms with Gasteiger partial charge >= 0.3 is 0 Å². The third-order valence-corrected chi connectivity index (χ3v) is 5.03. The molecule has 0 radical (unpaired) electrons. The molecule has 0 amide bonds. The number of alkyl halides is 2. The Hall–Kier alpha value is -3.67. The molecule has 29 heavy (non-hydrogen) atoms. The van der Waals surface area contributed by atoms with Crippen molar-refractivity contribution in [3.05, 3.63) is 78.8 Å². The monoisotopic (exact) mass is 386 g/mol. The average Bonchev–Trinajstić information content (AvgIpc) is 3.16. The normalized spacial score (nSPS) is 12.0. The van der Waals surface area contributed by atoms with Crippen molar-refractivity contribution in [1.82, 2.24) is 19.9 Å². The summed E-state index contributed by atoms with van der Waals surface area (Å²) < 4.78 is 26.9. The summed E-state index contributed by atoms with van der Waals surface area (Å²) in [6.07, 6.45) is 5.41. The molecule has 0 fully saturated rings. The van der Waals surface area contributed by atoms with Crippen molar-refractivity contribution in [2.75, 3.05) is 0 Å². The van der Waals surface area contributed by atoms with Crippen LogP contribution in [0.3, 0.4) is 0 Å². The Morgan fingerprint density at radius 1 is 0.828 bits per heavy atom. The molecular formula is C23H16F2N4. The minimum atomic E-state index is -2.86. The van der Waals surface area contributed by atoms with Gasteiger partial charge in [0.2, 0.25) is 0 Å². The number of benzene rings is 1. The van der Waals surface area contributed by atoms with Crippen LogP contribution in [0.2, 0.25) is 0 Å². The molecule has 0 aliphatic rings. The maximum atomic E-state index is 13.5. The van der Waals surface area contributed by atoms with E-state index in [0.717, 1.165) is 40.0 Å². The molecule has 0 atom stereocenters. The van der Waals surface area contributed by atoms with Crippen LogP contribution in [0.5, 0.6) is 0 Å². The Morgan fingerprint density at radius 3 is 2.45 bits per heavy atom. The Morgan fingerprint density at radius 2 is 1.66 bits per heavy atom. The molecule has 4 aromatic heterocycles. The number of pyridine rings is 3. The van der Waals surface area contributed by atoms with Gasteiger partial charge in [-0.1, -0.05) is 24.3 Å². The SMILES string of the molecule is CC(F)(F)c1ccc(-c2ccc3c(-c4c[nH]c5ncccc45)ccnc3n2)cc1. The Kier molecular flexibility index (Phi) is 3.87. The summed E-state index contributed by atoms with van der Waals surface area (Å²) in [5.41, 5.74) is 4.90. The van der Waals surface area contributed by atoms with Crippen LogP contribution in [-0.2, 0) is 5.92 Å². The van der Waals surface area contributed by atoms with Gasteiger partial charge in [-0.05, 0) is 35.9 Å². The fourth-order valence-corrected chi connectivity index (χ4v) is 3.54. The van der Waals surface area contributed by atoms with E-state index in [2.05, 4.69) is 19.9 Å². The third kappa shape index (κ3) is 3.02. The largest absolute Gasteiger partial charge is 0.346 e. The lowest BCUT2D eigenvalue weighted by atomic mass is 10.0. The van der Waals surface area contributed by atoms with Crippen LogP contribution in [0.1, 0.15) is 12.5 Å². The van der Waals surface area contributed by atoms with Gasteiger partial charge in [-0.2, -0.15) is 0 Å². The fraction of sp³-hybridized carbons (Fsp3) is 0.0870. The lowest BCUT2D eigenvalue weighted by molar-refractivity contribution is 0.0175. The van der Waals surface area contributed by atoms with Crippen LogP contribution in [0.15, 0.2) is 73.2 Å². The van der Waals surface area contributed by atoms with E-state index in [1.807, 2.05) is 36.5 Å². The topological polar surface area (TPSA) is 54.5 Å². The second kappa shape index (κ2) is 6.44. The summed E-state index contributed by atoms with van der Waals surface area (Å²) >= 11 is 0. The number of aromatic amines is 1. The van der Waals surface area contributed by atoms with E-state index in [1.165, 1.54) is 12.1 Å². The Bertz CT molecular complexity index is 1330. The highest BCUT2D eigenvalue weighted by atomic mass is 19.3. The third-order valence-electron chi connectivity index (χ3n) is 5.03. The first kappa shape index (κ1) is 17.4. The van der Waals surface area contributed by atoms with Crippen molar-refractivity contribution in [3.63, 3.8) is 0 Å². The number of hydrogen-bond donors (Lipinski definition) is 1. The second-order valence-corrected chi connectivity index (χ2v) is 6.99. The number of H-pyrrole nitrogens is 1. The Labute approximate surface area is 165 Å². The first-order valence-corrected chi connectivity index (χ1v) is 9.18. The van der Waals surface area contributed by atoms with Gasteiger partial charge in [0.15, 0.2) is 5.65 Å². The van der Waals surface area contributed by atoms with Crippen molar-refractivity contribution < 1.29 is 8.78 Å². The number of rotatable bonds is 3. The van der Waals surface area contributed by atoms with E-state index in [1.54, 1.807) is 24.5 Å². The van der Waals surface area contributed by atoms with E-state index < -0.39 is 5.92 Å². The predicted octanol–water partition coefficient (Wildman–Crippen LogP) is 5.95. The quantitative estimate of drug-likeness (QED) is 0.417. The van der Waals surface area contributed by atoms with E-state index >= 15 is 0 Å². The maximum absolute atomic E-state index is 13.5. The molecule has 1 aromatic carbocycles. The second-order valence-electron chi connectivity index (χ2n) is 6.99.